The molecule has 0 saturated carbocycles. The fourth-order valence-corrected chi connectivity index (χ4v) is 4.33. The van der Waals surface area contributed by atoms with E-state index in [2.05, 4.69) is 4.72 Å². The number of methoxy groups -OCH3 is 1. The molecule has 0 radical (unpaired) electrons. The molecule has 0 bridgehead atoms. The molecular weight excluding hydrogens is 406 g/mol. The molecule has 1 aliphatic rings. The minimum Gasteiger partial charge on any atom is -0.467 e. The fraction of sp³-hybridized carbons (Fsp3) is 0.529. The number of sulfonamides is 1. The summed E-state index contributed by atoms with van der Waals surface area (Å²) in [5, 5.41) is 11.1. The average molecular weight is 429 g/mol. The van der Waals surface area contributed by atoms with Crippen LogP contribution in [0, 0.1) is 10.1 Å². The van der Waals surface area contributed by atoms with Crippen LogP contribution in [0.4, 0.5) is 10.5 Å². The van der Waals surface area contributed by atoms with Crippen molar-refractivity contribution in [1.29, 1.82) is 0 Å². The van der Waals surface area contributed by atoms with Gasteiger partial charge in [0.05, 0.1) is 12.0 Å². The van der Waals surface area contributed by atoms with Gasteiger partial charge in [0.25, 0.3) is 5.69 Å². The zero-order chi connectivity index (χ0) is 22.0. The predicted octanol–water partition coefficient (Wildman–Crippen LogP) is 1.42. The third-order valence-corrected chi connectivity index (χ3v) is 5.64. The first-order chi connectivity index (χ1) is 13.4. The van der Waals surface area contributed by atoms with Crippen molar-refractivity contribution < 1.29 is 32.4 Å². The Bertz CT molecular complexity index is 909. The highest BCUT2D eigenvalue weighted by Gasteiger charge is 2.44. The first kappa shape index (κ1) is 22.6. The Morgan fingerprint density at radius 1 is 1.28 bits per heavy atom. The molecule has 29 heavy (non-hydrogen) atoms. The maximum Gasteiger partial charge on any atom is 0.411 e. The number of nitro benzene ring substituents is 1. The maximum atomic E-state index is 12.7. The smallest absolute Gasteiger partial charge is 0.411 e. The van der Waals surface area contributed by atoms with E-state index in [0.717, 1.165) is 24.1 Å². The molecule has 0 unspecified atom stereocenters. The van der Waals surface area contributed by atoms with E-state index in [9.17, 15) is 28.1 Å². The molecule has 1 heterocycles. The van der Waals surface area contributed by atoms with Crippen molar-refractivity contribution in [2.24, 2.45) is 0 Å². The molecule has 12 heteroatoms. The summed E-state index contributed by atoms with van der Waals surface area (Å²) in [7, 11) is -3.13. The average Bonchev–Trinajstić information content (AvgIpc) is 3.03. The van der Waals surface area contributed by atoms with E-state index in [4.69, 9.17) is 9.47 Å². The number of nitrogens with one attached hydrogen (secondary N) is 1. The van der Waals surface area contributed by atoms with Gasteiger partial charge in [-0.05, 0) is 33.3 Å². The van der Waals surface area contributed by atoms with E-state index < -0.39 is 55.3 Å². The second kappa shape index (κ2) is 8.33. The summed E-state index contributed by atoms with van der Waals surface area (Å²) in [4.78, 5) is 35.5. The molecule has 0 aromatic heterocycles. The van der Waals surface area contributed by atoms with Gasteiger partial charge in [0.1, 0.15) is 11.6 Å². The molecule has 1 aromatic carbocycles. The molecule has 1 aliphatic heterocycles. The Morgan fingerprint density at radius 2 is 1.90 bits per heavy atom. The Labute approximate surface area is 168 Å². The van der Waals surface area contributed by atoms with E-state index in [0.29, 0.717) is 0 Å². The number of carbonyl (C=O) groups excluding carboxylic acids is 2. The number of carbonyl (C=O) groups is 2. The highest BCUT2D eigenvalue weighted by atomic mass is 32.2. The van der Waals surface area contributed by atoms with Gasteiger partial charge in [-0.15, -0.1) is 0 Å². The van der Waals surface area contributed by atoms with Gasteiger partial charge in [0.2, 0.25) is 10.0 Å². The summed E-state index contributed by atoms with van der Waals surface area (Å²) in [6, 6.07) is 2.99. The van der Waals surface area contributed by atoms with Crippen LogP contribution in [0.5, 0.6) is 0 Å². The van der Waals surface area contributed by atoms with Crippen LogP contribution in [-0.2, 0) is 24.3 Å². The van der Waals surface area contributed by atoms with E-state index in [1.54, 1.807) is 20.8 Å². The van der Waals surface area contributed by atoms with Gasteiger partial charge in [-0.25, -0.2) is 22.7 Å². The summed E-state index contributed by atoms with van der Waals surface area (Å²) in [6.45, 7) is 4.81. The van der Waals surface area contributed by atoms with Crippen molar-refractivity contribution in [3.63, 3.8) is 0 Å². The Morgan fingerprint density at radius 3 is 2.45 bits per heavy atom. The summed E-state index contributed by atoms with van der Waals surface area (Å²) < 4.78 is 37.7. The van der Waals surface area contributed by atoms with Gasteiger partial charge in [-0.1, -0.05) is 12.1 Å². The first-order valence-electron chi connectivity index (χ1n) is 8.69. The lowest BCUT2D eigenvalue weighted by molar-refractivity contribution is -0.387. The summed E-state index contributed by atoms with van der Waals surface area (Å²) in [6.07, 6.45) is -0.855. The number of hydrogen-bond donors (Lipinski definition) is 1. The number of para-hydroxylation sites is 1. The number of esters is 1. The Hall–Kier alpha value is -2.73. The van der Waals surface area contributed by atoms with Crippen LogP contribution in [0.15, 0.2) is 29.2 Å². The highest BCUT2D eigenvalue weighted by Crippen LogP contribution is 2.26. The standard InChI is InChI=1S/C17H23N3O8S/c1-17(2,3)28-16(22)19-10-11(9-13(19)15(21)27-4)18-29(25,26)14-8-6-5-7-12(14)20(23)24/h5-8,11,13,18H,9-10H2,1-4H3/t11-,13-/m0/s1. The van der Waals surface area contributed by atoms with Gasteiger partial charge in [0, 0.05) is 18.7 Å². The van der Waals surface area contributed by atoms with Gasteiger partial charge in [-0.2, -0.15) is 0 Å². The molecule has 160 valence electrons. The summed E-state index contributed by atoms with van der Waals surface area (Å²) >= 11 is 0. The molecule has 2 rings (SSSR count). The monoisotopic (exact) mass is 429 g/mol. The molecule has 0 aliphatic carbocycles. The van der Waals surface area contributed by atoms with Crippen LogP contribution < -0.4 is 4.72 Å². The number of nitrogens with zero attached hydrogens (tertiary/aromatic N) is 2. The van der Waals surface area contributed by atoms with Gasteiger partial charge in [-0.3, -0.25) is 15.0 Å². The van der Waals surface area contributed by atoms with Crippen molar-refractivity contribution in [3.8, 4) is 0 Å². The fourth-order valence-electron chi connectivity index (χ4n) is 2.92. The topological polar surface area (TPSA) is 145 Å². The van der Waals surface area contributed by atoms with Gasteiger partial charge >= 0.3 is 12.1 Å². The first-order valence-corrected chi connectivity index (χ1v) is 10.2. The largest absolute Gasteiger partial charge is 0.467 e. The van der Waals surface area contributed by atoms with Crippen LogP contribution in [0.25, 0.3) is 0 Å². The third kappa shape index (κ3) is 5.41. The number of ether oxygens (including phenoxy) is 2. The molecule has 0 spiro atoms. The van der Waals surface area contributed by atoms with Crippen molar-refractivity contribution in [3.05, 3.63) is 34.4 Å². The lowest BCUT2D eigenvalue weighted by Gasteiger charge is -2.27. The molecule has 1 amide bonds. The van der Waals surface area contributed by atoms with E-state index in [1.807, 2.05) is 0 Å². The normalized spacial score (nSPS) is 19.7. The SMILES string of the molecule is COC(=O)[C@@H]1C[C@H](NS(=O)(=O)c2ccccc2[N+](=O)[O-])CN1C(=O)OC(C)(C)C. The molecular formula is C17H23N3O8S. The van der Waals surface area contributed by atoms with Crippen molar-refractivity contribution in [2.75, 3.05) is 13.7 Å². The minimum absolute atomic E-state index is 0.0637. The zero-order valence-electron chi connectivity index (χ0n) is 16.4. The van der Waals surface area contributed by atoms with E-state index in [-0.39, 0.29) is 13.0 Å². The lowest BCUT2D eigenvalue weighted by atomic mass is 10.2. The molecule has 1 fully saturated rings. The minimum atomic E-state index is -4.28. The van der Waals surface area contributed by atoms with E-state index >= 15 is 0 Å². The number of likely N-dealkylation sites (tertiary alicyclic amines) is 1. The predicted molar refractivity (Wildman–Crippen MR) is 101 cm³/mol. The maximum absolute atomic E-state index is 12.7. The second-order valence-electron chi connectivity index (χ2n) is 7.45. The summed E-state index contributed by atoms with van der Waals surface area (Å²) in [5.41, 5.74) is -1.40. The molecule has 1 saturated heterocycles. The number of nitro groups is 1. The van der Waals surface area contributed by atoms with Crippen molar-refractivity contribution in [1.82, 2.24) is 9.62 Å². The zero-order valence-corrected chi connectivity index (χ0v) is 17.3. The quantitative estimate of drug-likeness (QED) is 0.420. The number of hydrogen-bond acceptors (Lipinski definition) is 8. The Kier molecular flexibility index (Phi) is 6.48. The van der Waals surface area contributed by atoms with Crippen molar-refractivity contribution in [2.45, 2.75) is 49.8 Å². The number of rotatable bonds is 5. The molecule has 1 aromatic rings. The van der Waals surface area contributed by atoms with E-state index in [1.165, 1.54) is 12.1 Å². The lowest BCUT2D eigenvalue weighted by Crippen LogP contribution is -2.44. The van der Waals surface area contributed by atoms with Crippen LogP contribution >= 0.6 is 0 Å². The molecule has 2 atom stereocenters. The van der Waals surface area contributed by atoms with Gasteiger partial charge < -0.3 is 9.47 Å². The number of amides is 1. The van der Waals surface area contributed by atoms with Crippen LogP contribution in [-0.4, -0.2) is 61.6 Å². The van der Waals surface area contributed by atoms with Crippen LogP contribution in [0.3, 0.4) is 0 Å². The number of benzene rings is 1. The Balaban J connectivity index is 2.26. The molecule has 11 nitrogen and oxygen atoms in total. The van der Waals surface area contributed by atoms with Gasteiger partial charge in [0.15, 0.2) is 4.90 Å². The third-order valence-electron chi connectivity index (χ3n) is 4.08. The van der Waals surface area contributed by atoms with Crippen molar-refractivity contribution >= 4 is 27.8 Å². The second-order valence-corrected chi connectivity index (χ2v) is 9.13. The summed E-state index contributed by atoms with van der Waals surface area (Å²) in [5.74, 6) is -0.719. The molecule has 1 N–H and O–H groups in total. The van der Waals surface area contributed by atoms with Crippen LogP contribution in [0.1, 0.15) is 27.2 Å². The van der Waals surface area contributed by atoms with Crippen LogP contribution in [0.2, 0.25) is 0 Å². The highest BCUT2D eigenvalue weighted by molar-refractivity contribution is 7.89.